The van der Waals surface area contributed by atoms with E-state index in [9.17, 15) is 9.18 Å². The highest BCUT2D eigenvalue weighted by molar-refractivity contribution is 5.78. The standard InChI is InChI=1S/C21H26FN3O/c1-17-3-2-4-18(15-17)16-21(26)23-9-10-24-11-13-25(14-12-24)20-7-5-19(22)6-8-20/h2-8,15H,9-14,16H2,1H3,(H,23,26). The first-order valence-corrected chi connectivity index (χ1v) is 9.15. The molecular formula is C21H26FN3O. The second-order valence-electron chi connectivity index (χ2n) is 6.82. The first-order chi connectivity index (χ1) is 12.6. The zero-order valence-electron chi connectivity index (χ0n) is 15.2. The van der Waals surface area contributed by atoms with Crippen LogP contribution in [0.4, 0.5) is 10.1 Å². The third-order valence-electron chi connectivity index (χ3n) is 4.76. The number of piperazine rings is 1. The Labute approximate surface area is 154 Å². The van der Waals surface area contributed by atoms with Crippen molar-refractivity contribution >= 4 is 11.6 Å². The molecule has 26 heavy (non-hydrogen) atoms. The van der Waals surface area contributed by atoms with E-state index in [1.807, 2.05) is 43.3 Å². The largest absolute Gasteiger partial charge is 0.369 e. The third-order valence-corrected chi connectivity index (χ3v) is 4.76. The van der Waals surface area contributed by atoms with Crippen molar-refractivity contribution in [1.82, 2.24) is 10.2 Å². The molecule has 0 spiro atoms. The molecule has 4 nitrogen and oxygen atoms in total. The van der Waals surface area contributed by atoms with Crippen molar-refractivity contribution in [3.05, 3.63) is 65.5 Å². The summed E-state index contributed by atoms with van der Waals surface area (Å²) in [5.74, 6) is -0.130. The highest BCUT2D eigenvalue weighted by Crippen LogP contribution is 2.16. The molecule has 1 N–H and O–H groups in total. The molecule has 1 aliphatic heterocycles. The maximum absolute atomic E-state index is 13.0. The summed E-state index contributed by atoms with van der Waals surface area (Å²) in [5, 5.41) is 3.01. The monoisotopic (exact) mass is 355 g/mol. The molecule has 0 radical (unpaired) electrons. The molecule has 0 aliphatic carbocycles. The molecule has 0 aromatic heterocycles. The second-order valence-corrected chi connectivity index (χ2v) is 6.82. The van der Waals surface area contributed by atoms with E-state index in [0.717, 1.165) is 44.0 Å². The summed E-state index contributed by atoms with van der Waals surface area (Å²) in [6.45, 7) is 7.30. The number of amides is 1. The van der Waals surface area contributed by atoms with Crippen LogP contribution in [0.5, 0.6) is 0 Å². The Kier molecular flexibility index (Phi) is 6.23. The predicted octanol–water partition coefficient (Wildman–Crippen LogP) is 2.62. The summed E-state index contributed by atoms with van der Waals surface area (Å²) >= 11 is 0. The number of hydrogen-bond acceptors (Lipinski definition) is 3. The average Bonchev–Trinajstić information content (AvgIpc) is 2.63. The van der Waals surface area contributed by atoms with Gasteiger partial charge in [-0.1, -0.05) is 29.8 Å². The quantitative estimate of drug-likeness (QED) is 0.865. The molecule has 1 aliphatic rings. The SMILES string of the molecule is Cc1cccc(CC(=O)NCCN2CCN(c3ccc(F)cc3)CC2)c1. The van der Waals surface area contributed by atoms with Gasteiger partial charge in [0.05, 0.1) is 6.42 Å². The molecule has 0 atom stereocenters. The van der Waals surface area contributed by atoms with Gasteiger partial charge in [0.25, 0.3) is 0 Å². The first kappa shape index (κ1) is 18.4. The van der Waals surface area contributed by atoms with E-state index in [1.54, 1.807) is 0 Å². The van der Waals surface area contributed by atoms with Crippen LogP contribution in [0.2, 0.25) is 0 Å². The summed E-state index contributed by atoms with van der Waals surface area (Å²) in [7, 11) is 0. The maximum atomic E-state index is 13.0. The smallest absolute Gasteiger partial charge is 0.224 e. The van der Waals surface area contributed by atoms with Gasteiger partial charge in [0.1, 0.15) is 5.82 Å². The number of carbonyl (C=O) groups excluding carboxylic acids is 1. The number of nitrogens with zero attached hydrogens (tertiary/aromatic N) is 2. The molecule has 0 unspecified atom stereocenters. The Hall–Kier alpha value is -2.40. The summed E-state index contributed by atoms with van der Waals surface area (Å²) in [4.78, 5) is 16.7. The van der Waals surface area contributed by atoms with Crippen molar-refractivity contribution in [3.63, 3.8) is 0 Å². The van der Waals surface area contributed by atoms with Crippen LogP contribution in [0, 0.1) is 12.7 Å². The Bertz CT molecular complexity index is 724. The molecule has 0 saturated carbocycles. The van der Waals surface area contributed by atoms with E-state index in [2.05, 4.69) is 15.1 Å². The number of aryl methyl sites for hydroxylation is 1. The Morgan fingerprint density at radius 1 is 1.08 bits per heavy atom. The predicted molar refractivity (Wildman–Crippen MR) is 103 cm³/mol. The van der Waals surface area contributed by atoms with Crippen LogP contribution in [0.25, 0.3) is 0 Å². The van der Waals surface area contributed by atoms with Gasteiger partial charge < -0.3 is 10.2 Å². The van der Waals surface area contributed by atoms with Crippen molar-refractivity contribution in [1.29, 1.82) is 0 Å². The van der Waals surface area contributed by atoms with Crippen LogP contribution in [-0.4, -0.2) is 50.1 Å². The summed E-state index contributed by atoms with van der Waals surface area (Å²) in [5.41, 5.74) is 3.29. The van der Waals surface area contributed by atoms with Crippen molar-refractivity contribution < 1.29 is 9.18 Å². The van der Waals surface area contributed by atoms with E-state index in [1.165, 1.54) is 17.7 Å². The van der Waals surface area contributed by atoms with Gasteiger partial charge >= 0.3 is 0 Å². The van der Waals surface area contributed by atoms with Crippen molar-refractivity contribution in [3.8, 4) is 0 Å². The van der Waals surface area contributed by atoms with Crippen LogP contribution in [0.3, 0.4) is 0 Å². The molecule has 1 fully saturated rings. The van der Waals surface area contributed by atoms with Gasteiger partial charge in [0.2, 0.25) is 5.91 Å². The Balaban J connectivity index is 1.36. The van der Waals surface area contributed by atoms with Crippen molar-refractivity contribution in [2.45, 2.75) is 13.3 Å². The topological polar surface area (TPSA) is 35.6 Å². The highest BCUT2D eigenvalue weighted by Gasteiger charge is 2.17. The molecule has 2 aromatic rings. The fraction of sp³-hybridized carbons (Fsp3) is 0.381. The van der Waals surface area contributed by atoms with E-state index in [0.29, 0.717) is 13.0 Å². The molecule has 3 rings (SSSR count). The van der Waals surface area contributed by atoms with Crippen LogP contribution in [0.15, 0.2) is 48.5 Å². The molecule has 5 heteroatoms. The third kappa shape index (κ3) is 5.30. The summed E-state index contributed by atoms with van der Waals surface area (Å²) in [6, 6.07) is 14.7. The zero-order valence-corrected chi connectivity index (χ0v) is 15.2. The Morgan fingerprint density at radius 3 is 2.50 bits per heavy atom. The van der Waals surface area contributed by atoms with Crippen LogP contribution >= 0.6 is 0 Å². The van der Waals surface area contributed by atoms with Crippen molar-refractivity contribution in [2.75, 3.05) is 44.2 Å². The van der Waals surface area contributed by atoms with Gasteiger partial charge in [0, 0.05) is 45.0 Å². The fourth-order valence-electron chi connectivity index (χ4n) is 3.31. The van der Waals surface area contributed by atoms with Crippen LogP contribution < -0.4 is 10.2 Å². The molecule has 2 aromatic carbocycles. The van der Waals surface area contributed by atoms with E-state index < -0.39 is 0 Å². The number of carbonyl (C=O) groups is 1. The molecular weight excluding hydrogens is 329 g/mol. The minimum Gasteiger partial charge on any atom is -0.369 e. The van der Waals surface area contributed by atoms with Gasteiger partial charge in [0.15, 0.2) is 0 Å². The van der Waals surface area contributed by atoms with Crippen LogP contribution in [-0.2, 0) is 11.2 Å². The lowest BCUT2D eigenvalue weighted by Crippen LogP contribution is -2.48. The molecule has 138 valence electrons. The van der Waals surface area contributed by atoms with Gasteiger partial charge in [-0.15, -0.1) is 0 Å². The lowest BCUT2D eigenvalue weighted by Gasteiger charge is -2.36. The van der Waals surface area contributed by atoms with Gasteiger partial charge in [-0.3, -0.25) is 9.69 Å². The minimum atomic E-state index is -0.200. The molecule has 0 bridgehead atoms. The van der Waals surface area contributed by atoms with Gasteiger partial charge in [-0.05, 0) is 36.8 Å². The number of hydrogen-bond donors (Lipinski definition) is 1. The molecule has 1 heterocycles. The van der Waals surface area contributed by atoms with E-state index >= 15 is 0 Å². The van der Waals surface area contributed by atoms with Crippen LogP contribution in [0.1, 0.15) is 11.1 Å². The van der Waals surface area contributed by atoms with E-state index in [4.69, 9.17) is 0 Å². The number of rotatable bonds is 6. The number of halogens is 1. The number of nitrogens with one attached hydrogen (secondary N) is 1. The van der Waals surface area contributed by atoms with Crippen molar-refractivity contribution in [2.24, 2.45) is 0 Å². The van der Waals surface area contributed by atoms with Gasteiger partial charge in [-0.2, -0.15) is 0 Å². The van der Waals surface area contributed by atoms with Gasteiger partial charge in [-0.25, -0.2) is 4.39 Å². The number of benzene rings is 2. The lowest BCUT2D eigenvalue weighted by molar-refractivity contribution is -0.120. The van der Waals surface area contributed by atoms with E-state index in [-0.39, 0.29) is 11.7 Å². The summed E-state index contributed by atoms with van der Waals surface area (Å²) < 4.78 is 13.0. The normalized spacial score (nSPS) is 15.1. The zero-order chi connectivity index (χ0) is 18.4. The lowest BCUT2D eigenvalue weighted by atomic mass is 10.1. The minimum absolute atomic E-state index is 0.0700. The average molecular weight is 355 g/mol. The fourth-order valence-corrected chi connectivity index (χ4v) is 3.31. The molecule has 1 amide bonds. The Morgan fingerprint density at radius 2 is 1.81 bits per heavy atom. The molecule has 1 saturated heterocycles. The second kappa shape index (κ2) is 8.81. The highest BCUT2D eigenvalue weighted by atomic mass is 19.1. The maximum Gasteiger partial charge on any atom is 0.224 e. The summed E-state index contributed by atoms with van der Waals surface area (Å²) in [6.07, 6.45) is 0.431. The first-order valence-electron chi connectivity index (χ1n) is 9.15. The number of anilines is 1.